The average molecular weight is 118 g/mol. The van der Waals surface area contributed by atoms with E-state index in [-0.39, 0.29) is 0 Å². The maximum absolute atomic E-state index is 11.2. The number of nitriles is 1. The second-order valence-electron chi connectivity index (χ2n) is 1.16. The number of nitrogens with zero attached hydrogens (tertiary/aromatic N) is 1. The molecule has 0 saturated carbocycles. The van der Waals surface area contributed by atoms with Crippen LogP contribution in [0.15, 0.2) is 0 Å². The molecule has 0 aromatic heterocycles. The van der Waals surface area contributed by atoms with Crippen LogP contribution in [0.2, 0.25) is 0 Å². The van der Waals surface area contributed by atoms with Crippen molar-refractivity contribution in [1.29, 1.82) is 10.7 Å². The molecule has 0 heterocycles. The van der Waals surface area contributed by atoms with E-state index in [9.17, 15) is 8.78 Å². The Morgan fingerprint density at radius 3 is 2.38 bits per heavy atom. The van der Waals surface area contributed by atoms with Gasteiger partial charge in [0, 0.05) is 0 Å². The maximum atomic E-state index is 11.2. The summed E-state index contributed by atoms with van der Waals surface area (Å²) < 4.78 is 22.5. The van der Waals surface area contributed by atoms with Crippen molar-refractivity contribution in [1.82, 2.24) is 0 Å². The minimum absolute atomic E-state index is 0.475. The van der Waals surface area contributed by atoms with E-state index < -0.39 is 18.6 Å². The molecule has 0 aromatic carbocycles. The van der Waals surface area contributed by atoms with E-state index in [2.05, 4.69) is 0 Å². The number of nitrogens with one attached hydrogen (secondary N) is 1. The Hall–Kier alpha value is -0.980. The van der Waals surface area contributed by atoms with Gasteiger partial charge in [0.05, 0.1) is 18.2 Å². The molecule has 0 rings (SSSR count). The van der Waals surface area contributed by atoms with Crippen LogP contribution < -0.4 is 0 Å². The molecule has 0 aromatic rings. The van der Waals surface area contributed by atoms with Gasteiger partial charge in [0.15, 0.2) is 0 Å². The van der Waals surface area contributed by atoms with Gasteiger partial charge in [-0.05, 0) is 0 Å². The minimum atomic E-state index is -2.77. The van der Waals surface area contributed by atoms with E-state index in [1.807, 2.05) is 0 Å². The second-order valence-corrected chi connectivity index (χ2v) is 1.16. The number of hydrogen-bond acceptors (Lipinski definition) is 2. The van der Waals surface area contributed by atoms with Gasteiger partial charge < -0.3 is 5.41 Å². The van der Waals surface area contributed by atoms with E-state index in [1.54, 1.807) is 0 Å². The molecule has 0 aliphatic heterocycles. The van der Waals surface area contributed by atoms with Gasteiger partial charge in [0.25, 0.3) is 6.43 Å². The van der Waals surface area contributed by atoms with Crippen molar-refractivity contribution >= 4 is 5.71 Å². The zero-order valence-corrected chi connectivity index (χ0v) is 3.99. The number of hydrogen-bond donors (Lipinski definition) is 1. The quantitative estimate of drug-likeness (QED) is 0.544. The van der Waals surface area contributed by atoms with E-state index >= 15 is 0 Å². The summed E-state index contributed by atoms with van der Waals surface area (Å²) in [7, 11) is 0. The van der Waals surface area contributed by atoms with Crippen LogP contribution in [0.5, 0.6) is 0 Å². The summed E-state index contributed by atoms with van der Waals surface area (Å²) in [6, 6.07) is 1.44. The molecule has 0 saturated heterocycles. The summed E-state index contributed by atoms with van der Waals surface area (Å²) in [5.74, 6) is 0. The number of alkyl halides is 2. The number of rotatable bonds is 2. The predicted octanol–water partition coefficient (Wildman–Crippen LogP) is 1.18. The second kappa shape index (κ2) is 3.08. The van der Waals surface area contributed by atoms with Crippen molar-refractivity contribution < 1.29 is 8.78 Å². The molecule has 8 heavy (non-hydrogen) atoms. The highest BCUT2D eigenvalue weighted by Gasteiger charge is 2.08. The van der Waals surface area contributed by atoms with Crippen LogP contribution in [0.3, 0.4) is 0 Å². The summed E-state index contributed by atoms with van der Waals surface area (Å²) in [6.07, 6.45) is -3.24. The van der Waals surface area contributed by atoms with Crippen molar-refractivity contribution in [2.75, 3.05) is 0 Å². The predicted molar refractivity (Wildman–Crippen MR) is 24.0 cm³/mol. The zero-order chi connectivity index (χ0) is 6.57. The first-order chi connectivity index (χ1) is 3.68. The first-order valence-electron chi connectivity index (χ1n) is 1.91. The SMILES string of the molecule is N#CCC(=N)C(F)F. The van der Waals surface area contributed by atoms with Gasteiger partial charge in [0.2, 0.25) is 0 Å². The normalized spacial score (nSPS) is 8.75. The molecule has 0 atom stereocenters. The first kappa shape index (κ1) is 7.02. The highest BCUT2D eigenvalue weighted by molar-refractivity contribution is 5.86. The lowest BCUT2D eigenvalue weighted by Gasteiger charge is -1.91. The van der Waals surface area contributed by atoms with Gasteiger partial charge in [-0.25, -0.2) is 8.78 Å². The van der Waals surface area contributed by atoms with Crippen molar-refractivity contribution in [3.63, 3.8) is 0 Å². The van der Waals surface area contributed by atoms with Crippen LogP contribution in [0.25, 0.3) is 0 Å². The van der Waals surface area contributed by atoms with Gasteiger partial charge in [-0.1, -0.05) is 0 Å². The molecular formula is C4H4F2N2. The summed E-state index contributed by atoms with van der Waals surface area (Å²) >= 11 is 0. The molecule has 0 unspecified atom stereocenters. The van der Waals surface area contributed by atoms with Gasteiger partial charge in [0.1, 0.15) is 0 Å². The Morgan fingerprint density at radius 2 is 2.25 bits per heavy atom. The fraction of sp³-hybridized carbons (Fsp3) is 0.500. The highest BCUT2D eigenvalue weighted by atomic mass is 19.3. The molecule has 4 heteroatoms. The van der Waals surface area contributed by atoms with Crippen molar-refractivity contribution in [2.45, 2.75) is 12.8 Å². The molecule has 0 radical (unpaired) electrons. The van der Waals surface area contributed by atoms with Crippen LogP contribution in [-0.4, -0.2) is 12.1 Å². The Balaban J connectivity index is 3.53. The van der Waals surface area contributed by atoms with Crippen molar-refractivity contribution in [2.24, 2.45) is 0 Å². The Morgan fingerprint density at radius 1 is 1.75 bits per heavy atom. The topological polar surface area (TPSA) is 47.6 Å². The molecule has 0 fully saturated rings. The standard InChI is InChI=1S/C4H4F2N2/c5-4(6)3(8)1-2-7/h4,8H,1H2. The van der Waals surface area contributed by atoms with Gasteiger partial charge in [-0.2, -0.15) is 5.26 Å². The first-order valence-corrected chi connectivity index (χ1v) is 1.91. The Bertz CT molecular complexity index is 124. The Labute approximate surface area is 45.2 Å². The molecule has 0 spiro atoms. The average Bonchev–Trinajstić information content (AvgIpc) is 1.67. The van der Waals surface area contributed by atoms with Gasteiger partial charge in [-0.15, -0.1) is 0 Å². The molecule has 0 aliphatic carbocycles. The molecule has 1 N–H and O–H groups in total. The van der Waals surface area contributed by atoms with Crippen LogP contribution in [0.1, 0.15) is 6.42 Å². The molecular weight excluding hydrogens is 114 g/mol. The van der Waals surface area contributed by atoms with Crippen LogP contribution >= 0.6 is 0 Å². The molecule has 0 bridgehead atoms. The van der Waals surface area contributed by atoms with Crippen molar-refractivity contribution in [3.8, 4) is 6.07 Å². The monoisotopic (exact) mass is 118 g/mol. The molecule has 0 aliphatic rings. The van der Waals surface area contributed by atoms with E-state index in [0.717, 1.165) is 0 Å². The van der Waals surface area contributed by atoms with E-state index in [4.69, 9.17) is 10.7 Å². The fourth-order valence-electron chi connectivity index (χ4n) is 0.162. The zero-order valence-electron chi connectivity index (χ0n) is 3.99. The largest absolute Gasteiger partial charge is 0.303 e. The van der Waals surface area contributed by atoms with Crippen LogP contribution in [-0.2, 0) is 0 Å². The lowest BCUT2D eigenvalue weighted by Crippen LogP contribution is -2.06. The lowest BCUT2D eigenvalue weighted by atomic mass is 10.3. The van der Waals surface area contributed by atoms with Crippen LogP contribution in [0, 0.1) is 16.7 Å². The highest BCUT2D eigenvalue weighted by Crippen LogP contribution is 1.96. The molecule has 2 nitrogen and oxygen atoms in total. The molecule has 0 amide bonds. The smallest absolute Gasteiger partial charge is 0.276 e. The third-order valence-electron chi connectivity index (χ3n) is 0.533. The number of halogens is 2. The third-order valence-corrected chi connectivity index (χ3v) is 0.533. The van der Waals surface area contributed by atoms with Gasteiger partial charge in [-0.3, -0.25) is 0 Å². The summed E-state index contributed by atoms with van der Waals surface area (Å²) in [6.45, 7) is 0. The summed E-state index contributed by atoms with van der Waals surface area (Å²) in [4.78, 5) is 0. The maximum Gasteiger partial charge on any atom is 0.276 e. The van der Waals surface area contributed by atoms with Crippen molar-refractivity contribution in [3.05, 3.63) is 0 Å². The minimum Gasteiger partial charge on any atom is -0.303 e. The third kappa shape index (κ3) is 2.24. The Kier molecular flexibility index (Phi) is 2.70. The van der Waals surface area contributed by atoms with E-state index in [0.29, 0.717) is 0 Å². The summed E-state index contributed by atoms with van der Waals surface area (Å²) in [5, 5.41) is 14.1. The van der Waals surface area contributed by atoms with Crippen LogP contribution in [0.4, 0.5) is 8.78 Å². The fourth-order valence-corrected chi connectivity index (χ4v) is 0.162. The summed E-state index contributed by atoms with van der Waals surface area (Å²) in [5.41, 5.74) is -0.812. The molecule has 44 valence electrons. The van der Waals surface area contributed by atoms with Gasteiger partial charge >= 0.3 is 0 Å². The lowest BCUT2D eigenvalue weighted by molar-refractivity contribution is 0.223. The van der Waals surface area contributed by atoms with E-state index in [1.165, 1.54) is 6.07 Å².